The van der Waals surface area contributed by atoms with E-state index < -0.39 is 17.6 Å². The third-order valence-corrected chi connectivity index (χ3v) is 10.4. The molecule has 5 aromatic rings. The zero-order chi connectivity index (χ0) is 37.1. The first-order valence-corrected chi connectivity index (χ1v) is 17.8. The van der Waals surface area contributed by atoms with Crippen molar-refractivity contribution >= 4 is 35.1 Å². The Morgan fingerprint density at radius 3 is 2.45 bits per heavy atom. The van der Waals surface area contributed by atoms with Crippen LogP contribution in [-0.2, 0) is 39.4 Å². The summed E-state index contributed by atoms with van der Waals surface area (Å²) in [4.78, 5) is 27.0. The Hall–Kier alpha value is -5.53. The van der Waals surface area contributed by atoms with E-state index in [0.29, 0.717) is 64.6 Å². The number of nitrogens with one attached hydrogen (secondary N) is 2. The summed E-state index contributed by atoms with van der Waals surface area (Å²) in [5.74, 6) is 0.891. The van der Waals surface area contributed by atoms with Crippen LogP contribution in [0.2, 0.25) is 10.0 Å². The molecule has 0 saturated carbocycles. The van der Waals surface area contributed by atoms with Crippen molar-refractivity contribution in [2.45, 2.75) is 44.2 Å². The lowest BCUT2D eigenvalue weighted by Crippen LogP contribution is -2.57. The first kappa shape index (κ1) is 35.9. The van der Waals surface area contributed by atoms with Gasteiger partial charge in [0, 0.05) is 6.54 Å². The minimum Gasteiger partial charge on any atom is -0.489 e. The van der Waals surface area contributed by atoms with E-state index in [9.17, 15) is 14.9 Å². The summed E-state index contributed by atoms with van der Waals surface area (Å²) in [6.07, 6.45) is 0.0394. The van der Waals surface area contributed by atoms with E-state index in [0.717, 1.165) is 33.4 Å². The summed E-state index contributed by atoms with van der Waals surface area (Å²) in [6, 6.07) is 33.2. The van der Waals surface area contributed by atoms with Crippen molar-refractivity contribution in [2.24, 2.45) is 0 Å². The van der Waals surface area contributed by atoms with Gasteiger partial charge in [-0.05, 0) is 94.8 Å². The number of amides is 1. The van der Waals surface area contributed by atoms with Crippen LogP contribution < -0.4 is 24.8 Å². The lowest BCUT2D eigenvalue weighted by atomic mass is 9.87. The van der Waals surface area contributed by atoms with E-state index >= 15 is 0 Å². The van der Waals surface area contributed by atoms with Crippen LogP contribution >= 0.6 is 23.2 Å². The summed E-state index contributed by atoms with van der Waals surface area (Å²) in [5, 5.41) is 17.2. The fourth-order valence-electron chi connectivity index (χ4n) is 6.60. The molecule has 0 saturated heterocycles. The maximum Gasteiger partial charge on any atom is 0.336 e. The van der Waals surface area contributed by atoms with E-state index in [1.807, 2.05) is 72.8 Å². The topological polar surface area (TPSA) is 119 Å². The number of carbonyl (C=O) groups excluding carboxylic acids is 2. The molecule has 268 valence electrons. The van der Waals surface area contributed by atoms with Crippen molar-refractivity contribution in [3.63, 3.8) is 0 Å². The monoisotopic (exact) mass is 747 g/mol. The minimum atomic E-state index is -1.55. The van der Waals surface area contributed by atoms with Crippen LogP contribution in [0.3, 0.4) is 0 Å². The normalized spacial score (nSPS) is 17.0. The standard InChI is InChI=1S/C42H35Cl2N3O6/c1-42(41(49)50-2,31-11-14-33(29(17-31)21-45)26-6-4-3-5-7-26)47-40(48)36-18-28-19-37-38(20-30(28)22-46-36)53-39(24-52-37)27-9-12-32(13-10-27)51-23-25-8-15-34(43)35(44)16-25/h3-17,19-20,36,39,46H,18,22-24H2,1-2H3,(H,47,48). The predicted molar refractivity (Wildman–Crippen MR) is 201 cm³/mol. The van der Waals surface area contributed by atoms with Gasteiger partial charge in [-0.2, -0.15) is 5.26 Å². The molecule has 0 aliphatic carbocycles. The van der Waals surface area contributed by atoms with Crippen LogP contribution in [0.25, 0.3) is 11.1 Å². The molecule has 0 bridgehead atoms. The number of rotatable bonds is 9. The average Bonchev–Trinajstić information content (AvgIpc) is 3.19. The highest BCUT2D eigenvalue weighted by atomic mass is 35.5. The van der Waals surface area contributed by atoms with Crippen molar-refractivity contribution in [3.05, 3.63) is 147 Å². The first-order chi connectivity index (χ1) is 25.6. The maximum absolute atomic E-state index is 13.8. The highest BCUT2D eigenvalue weighted by molar-refractivity contribution is 6.42. The molecule has 0 fully saturated rings. The molecule has 2 aliphatic heterocycles. The van der Waals surface area contributed by atoms with E-state index in [1.165, 1.54) is 7.11 Å². The number of nitriles is 1. The van der Waals surface area contributed by atoms with Gasteiger partial charge in [0.15, 0.2) is 23.1 Å². The van der Waals surface area contributed by atoms with Crippen molar-refractivity contribution in [3.8, 4) is 34.4 Å². The summed E-state index contributed by atoms with van der Waals surface area (Å²) in [6.45, 7) is 2.65. The van der Waals surface area contributed by atoms with Crippen molar-refractivity contribution in [1.29, 1.82) is 5.26 Å². The second kappa shape index (κ2) is 15.2. The third kappa shape index (κ3) is 7.53. The average molecular weight is 749 g/mol. The SMILES string of the molecule is COC(=O)C(C)(NC(=O)C1Cc2cc3c(cc2CN1)OC(c1ccc(OCc2ccc(Cl)c(Cl)c2)cc1)CO3)c1ccc(-c2ccccc2)c(C#N)c1. The number of hydrogen-bond donors (Lipinski definition) is 2. The molecular formula is C42H35Cl2N3O6. The summed E-state index contributed by atoms with van der Waals surface area (Å²) >= 11 is 12.1. The predicted octanol–water partition coefficient (Wildman–Crippen LogP) is 7.84. The van der Waals surface area contributed by atoms with Crippen molar-refractivity contribution < 1.29 is 28.5 Å². The number of hydrogen-bond acceptors (Lipinski definition) is 8. The van der Waals surface area contributed by atoms with Gasteiger partial charge in [0.25, 0.3) is 0 Å². The number of methoxy groups -OCH3 is 1. The Labute approximate surface area is 317 Å². The zero-order valence-electron chi connectivity index (χ0n) is 29.0. The Balaban J connectivity index is 1.01. The van der Waals surface area contributed by atoms with E-state index in [1.54, 1.807) is 37.3 Å². The summed E-state index contributed by atoms with van der Waals surface area (Å²) in [7, 11) is 1.27. The van der Waals surface area contributed by atoms with Crippen LogP contribution in [-0.4, -0.2) is 31.6 Å². The lowest BCUT2D eigenvalue weighted by molar-refractivity contribution is -0.151. The number of esters is 1. The van der Waals surface area contributed by atoms with Gasteiger partial charge >= 0.3 is 5.97 Å². The van der Waals surface area contributed by atoms with Crippen LogP contribution in [0.1, 0.15) is 46.4 Å². The second-order valence-corrected chi connectivity index (χ2v) is 13.9. The van der Waals surface area contributed by atoms with E-state index in [4.69, 9.17) is 42.1 Å². The third-order valence-electron chi connectivity index (χ3n) is 9.62. The second-order valence-electron chi connectivity index (χ2n) is 13.1. The van der Waals surface area contributed by atoms with Gasteiger partial charge in [-0.25, -0.2) is 4.79 Å². The largest absolute Gasteiger partial charge is 0.489 e. The summed E-state index contributed by atoms with van der Waals surface area (Å²) in [5.41, 5.74) is 4.62. The highest BCUT2D eigenvalue weighted by Gasteiger charge is 2.41. The molecule has 1 amide bonds. The fraction of sp³-hybridized carbons (Fsp3) is 0.214. The van der Waals surface area contributed by atoms with Crippen molar-refractivity contribution in [2.75, 3.05) is 13.7 Å². The van der Waals surface area contributed by atoms with Crippen LogP contribution in [0.4, 0.5) is 0 Å². The van der Waals surface area contributed by atoms with Crippen molar-refractivity contribution in [1.82, 2.24) is 10.6 Å². The molecule has 2 aliphatic rings. The molecule has 0 radical (unpaired) electrons. The molecule has 7 rings (SSSR count). The van der Waals surface area contributed by atoms with E-state index in [-0.39, 0.29) is 12.0 Å². The lowest BCUT2D eigenvalue weighted by Gasteiger charge is -2.33. The Kier molecular flexibility index (Phi) is 10.3. The van der Waals surface area contributed by atoms with Gasteiger partial charge in [0.2, 0.25) is 5.91 Å². The van der Waals surface area contributed by atoms with Crippen LogP contribution in [0.5, 0.6) is 17.2 Å². The molecule has 11 heteroatoms. The Morgan fingerprint density at radius 2 is 1.72 bits per heavy atom. The molecule has 2 heterocycles. The molecule has 9 nitrogen and oxygen atoms in total. The maximum atomic E-state index is 13.8. The van der Waals surface area contributed by atoms with Gasteiger partial charge in [-0.1, -0.05) is 83.9 Å². The van der Waals surface area contributed by atoms with Gasteiger partial charge in [0.1, 0.15) is 19.0 Å². The smallest absolute Gasteiger partial charge is 0.336 e. The number of nitrogens with zero attached hydrogens (tertiary/aromatic N) is 1. The minimum absolute atomic E-state index is 0.308. The quantitative estimate of drug-likeness (QED) is 0.147. The molecule has 2 N–H and O–H groups in total. The fourth-order valence-corrected chi connectivity index (χ4v) is 6.92. The number of fused-ring (bicyclic) bond motifs is 2. The van der Waals surface area contributed by atoms with Crippen LogP contribution in [0, 0.1) is 11.3 Å². The molecular weight excluding hydrogens is 713 g/mol. The Bertz CT molecular complexity index is 2220. The molecule has 5 aromatic carbocycles. The number of benzene rings is 5. The molecule has 3 atom stereocenters. The van der Waals surface area contributed by atoms with Gasteiger partial charge < -0.3 is 29.6 Å². The Morgan fingerprint density at radius 1 is 0.943 bits per heavy atom. The number of ether oxygens (including phenoxy) is 4. The molecule has 0 aromatic heterocycles. The van der Waals surface area contributed by atoms with Gasteiger partial charge in [0.05, 0.1) is 34.8 Å². The van der Waals surface area contributed by atoms with E-state index in [2.05, 4.69) is 16.7 Å². The first-order valence-electron chi connectivity index (χ1n) is 17.0. The summed E-state index contributed by atoms with van der Waals surface area (Å²) < 4.78 is 23.6. The molecule has 3 unspecified atom stereocenters. The number of halogens is 2. The van der Waals surface area contributed by atoms with Crippen LogP contribution in [0.15, 0.2) is 103 Å². The highest BCUT2D eigenvalue weighted by Crippen LogP contribution is 2.40. The van der Waals surface area contributed by atoms with Gasteiger partial charge in [-0.15, -0.1) is 0 Å². The van der Waals surface area contributed by atoms with Gasteiger partial charge in [-0.3, -0.25) is 4.79 Å². The molecule has 53 heavy (non-hydrogen) atoms. The molecule has 0 spiro atoms. The zero-order valence-corrected chi connectivity index (χ0v) is 30.5. The number of carbonyl (C=O) groups is 2.